The zero-order chi connectivity index (χ0) is 15.6. The Kier molecular flexibility index (Phi) is 3.93. The zero-order valence-corrected chi connectivity index (χ0v) is 12.9. The van der Waals surface area contributed by atoms with Gasteiger partial charge in [-0.2, -0.15) is 0 Å². The molecule has 0 saturated carbocycles. The molecule has 0 aliphatic carbocycles. The summed E-state index contributed by atoms with van der Waals surface area (Å²) in [4.78, 5) is 7.00. The molecule has 1 atom stereocenters. The highest BCUT2D eigenvalue weighted by Crippen LogP contribution is 2.29. The Hall–Kier alpha value is -2.04. The first-order valence-electron chi connectivity index (χ1n) is 8.02. The SMILES string of the molecule is Fc1ccc2c(c1)N=C(C1CN(Cc3ccccc3)CCO1)C2. The number of rotatable bonds is 3. The Morgan fingerprint density at radius 1 is 1.17 bits per heavy atom. The molecule has 2 aliphatic rings. The molecule has 0 radical (unpaired) electrons. The summed E-state index contributed by atoms with van der Waals surface area (Å²) < 4.78 is 19.3. The van der Waals surface area contributed by atoms with E-state index in [0.29, 0.717) is 6.61 Å². The molecule has 3 nitrogen and oxygen atoms in total. The van der Waals surface area contributed by atoms with E-state index < -0.39 is 0 Å². The quantitative estimate of drug-likeness (QED) is 0.868. The third kappa shape index (κ3) is 3.19. The Bertz CT molecular complexity index is 729. The summed E-state index contributed by atoms with van der Waals surface area (Å²) in [5.74, 6) is -0.232. The van der Waals surface area contributed by atoms with Crippen molar-refractivity contribution in [1.82, 2.24) is 4.90 Å². The van der Waals surface area contributed by atoms with Crippen LogP contribution in [0.4, 0.5) is 10.1 Å². The highest BCUT2D eigenvalue weighted by Gasteiger charge is 2.28. The van der Waals surface area contributed by atoms with Crippen LogP contribution in [0.1, 0.15) is 11.1 Å². The number of fused-ring (bicyclic) bond motifs is 1. The second-order valence-corrected chi connectivity index (χ2v) is 6.13. The van der Waals surface area contributed by atoms with Gasteiger partial charge >= 0.3 is 0 Å². The molecule has 4 rings (SSSR count). The van der Waals surface area contributed by atoms with E-state index in [1.54, 1.807) is 0 Å². The zero-order valence-electron chi connectivity index (χ0n) is 12.9. The van der Waals surface area contributed by atoms with Crippen molar-refractivity contribution >= 4 is 11.4 Å². The fraction of sp³-hybridized carbons (Fsp3) is 0.316. The van der Waals surface area contributed by atoms with Crippen molar-refractivity contribution < 1.29 is 9.13 Å². The Labute approximate surface area is 135 Å². The van der Waals surface area contributed by atoms with Gasteiger partial charge in [0.2, 0.25) is 0 Å². The topological polar surface area (TPSA) is 24.8 Å². The number of aliphatic imine (C=N–C) groups is 1. The molecule has 2 aromatic rings. The molecule has 0 bridgehead atoms. The van der Waals surface area contributed by atoms with Crippen LogP contribution in [-0.4, -0.2) is 36.4 Å². The van der Waals surface area contributed by atoms with Crippen LogP contribution in [0, 0.1) is 5.82 Å². The fourth-order valence-electron chi connectivity index (χ4n) is 3.26. The largest absolute Gasteiger partial charge is 0.370 e. The summed E-state index contributed by atoms with van der Waals surface area (Å²) >= 11 is 0. The lowest BCUT2D eigenvalue weighted by Crippen LogP contribution is -2.45. The second kappa shape index (κ2) is 6.22. The summed E-state index contributed by atoms with van der Waals surface area (Å²) in [5.41, 5.74) is 4.17. The monoisotopic (exact) mass is 310 g/mol. The summed E-state index contributed by atoms with van der Waals surface area (Å²) in [6, 6.07) is 15.3. The molecule has 1 fully saturated rings. The normalized spacial score (nSPS) is 21.1. The number of benzene rings is 2. The van der Waals surface area contributed by atoms with Crippen LogP contribution in [0.25, 0.3) is 0 Å². The minimum absolute atomic E-state index is 0.00271. The number of morpholine rings is 1. The van der Waals surface area contributed by atoms with Crippen LogP contribution < -0.4 is 0 Å². The first-order valence-corrected chi connectivity index (χ1v) is 8.02. The van der Waals surface area contributed by atoms with E-state index >= 15 is 0 Å². The lowest BCUT2D eigenvalue weighted by molar-refractivity contribution is 0.00276. The molecule has 0 aromatic heterocycles. The van der Waals surface area contributed by atoms with Crippen LogP contribution in [0.5, 0.6) is 0 Å². The predicted molar refractivity (Wildman–Crippen MR) is 88.7 cm³/mol. The maximum absolute atomic E-state index is 13.3. The fourth-order valence-corrected chi connectivity index (χ4v) is 3.26. The third-order valence-electron chi connectivity index (χ3n) is 4.45. The smallest absolute Gasteiger partial charge is 0.125 e. The molecule has 118 valence electrons. The van der Waals surface area contributed by atoms with Crippen LogP contribution in [0.15, 0.2) is 53.5 Å². The number of nitrogens with zero attached hydrogens (tertiary/aromatic N) is 2. The second-order valence-electron chi connectivity index (χ2n) is 6.13. The molecule has 0 N–H and O–H groups in total. The lowest BCUT2D eigenvalue weighted by atomic mass is 10.1. The molecule has 2 aromatic carbocycles. The highest BCUT2D eigenvalue weighted by molar-refractivity contribution is 5.97. The molecule has 4 heteroatoms. The van der Waals surface area contributed by atoms with Crippen LogP contribution >= 0.6 is 0 Å². The average Bonchev–Trinajstić information content (AvgIpc) is 2.99. The van der Waals surface area contributed by atoms with Gasteiger partial charge < -0.3 is 4.74 Å². The standard InChI is InChI=1S/C19H19FN2O/c20-16-7-6-15-10-18(21-17(15)11-16)19-13-22(8-9-23-19)12-14-4-2-1-3-5-14/h1-7,11,19H,8-10,12-13H2. The van der Waals surface area contributed by atoms with Gasteiger partial charge in [0.1, 0.15) is 11.9 Å². The van der Waals surface area contributed by atoms with E-state index in [9.17, 15) is 4.39 Å². The molecule has 2 heterocycles. The van der Waals surface area contributed by atoms with Gasteiger partial charge in [0.15, 0.2) is 0 Å². The highest BCUT2D eigenvalue weighted by atomic mass is 19.1. The molecule has 1 saturated heterocycles. The van der Waals surface area contributed by atoms with E-state index in [1.165, 1.54) is 17.7 Å². The van der Waals surface area contributed by atoms with Crippen molar-refractivity contribution in [3.05, 3.63) is 65.5 Å². The molecule has 0 amide bonds. The average molecular weight is 310 g/mol. The van der Waals surface area contributed by atoms with Gasteiger partial charge in [0, 0.05) is 26.1 Å². The Morgan fingerprint density at radius 3 is 2.91 bits per heavy atom. The van der Waals surface area contributed by atoms with Crippen LogP contribution in [0.3, 0.4) is 0 Å². The van der Waals surface area contributed by atoms with E-state index in [0.717, 1.165) is 43.0 Å². The third-order valence-corrected chi connectivity index (χ3v) is 4.45. The molecule has 23 heavy (non-hydrogen) atoms. The minimum Gasteiger partial charge on any atom is -0.370 e. The maximum atomic E-state index is 13.3. The number of hydrogen-bond acceptors (Lipinski definition) is 3. The number of ether oxygens (including phenoxy) is 1. The predicted octanol–water partition coefficient (Wildman–Crippen LogP) is 3.36. The van der Waals surface area contributed by atoms with Crippen molar-refractivity contribution in [3.63, 3.8) is 0 Å². The van der Waals surface area contributed by atoms with Gasteiger partial charge in [-0.25, -0.2) is 4.39 Å². The Balaban J connectivity index is 1.45. The van der Waals surface area contributed by atoms with Gasteiger partial charge in [-0.05, 0) is 23.3 Å². The molecule has 1 unspecified atom stereocenters. The lowest BCUT2D eigenvalue weighted by Gasteiger charge is -2.33. The first kappa shape index (κ1) is 14.5. The molecular weight excluding hydrogens is 291 g/mol. The molecule has 2 aliphatic heterocycles. The maximum Gasteiger partial charge on any atom is 0.125 e. The number of hydrogen-bond donors (Lipinski definition) is 0. The summed E-state index contributed by atoms with van der Waals surface area (Å²) in [6.07, 6.45) is 0.766. The molecular formula is C19H19FN2O. The van der Waals surface area contributed by atoms with Gasteiger partial charge in [0.05, 0.1) is 18.0 Å². The summed E-state index contributed by atoms with van der Waals surface area (Å²) in [6.45, 7) is 3.40. The molecule has 0 spiro atoms. The summed E-state index contributed by atoms with van der Waals surface area (Å²) in [7, 11) is 0. The van der Waals surface area contributed by atoms with E-state index in [-0.39, 0.29) is 11.9 Å². The first-order chi connectivity index (χ1) is 11.3. The van der Waals surface area contributed by atoms with Gasteiger partial charge in [-0.15, -0.1) is 0 Å². The van der Waals surface area contributed by atoms with Crippen molar-refractivity contribution in [2.24, 2.45) is 4.99 Å². The van der Waals surface area contributed by atoms with Crippen molar-refractivity contribution in [2.45, 2.75) is 19.1 Å². The van der Waals surface area contributed by atoms with Crippen LogP contribution in [0.2, 0.25) is 0 Å². The van der Waals surface area contributed by atoms with Gasteiger partial charge in [-0.3, -0.25) is 9.89 Å². The van der Waals surface area contributed by atoms with Gasteiger partial charge in [0.25, 0.3) is 0 Å². The number of halogens is 1. The minimum atomic E-state index is -0.232. The van der Waals surface area contributed by atoms with Gasteiger partial charge in [-0.1, -0.05) is 36.4 Å². The van der Waals surface area contributed by atoms with Crippen molar-refractivity contribution in [2.75, 3.05) is 19.7 Å². The van der Waals surface area contributed by atoms with E-state index in [1.807, 2.05) is 12.1 Å². The van der Waals surface area contributed by atoms with Crippen molar-refractivity contribution in [3.8, 4) is 0 Å². The van der Waals surface area contributed by atoms with Crippen LogP contribution in [-0.2, 0) is 17.7 Å². The Morgan fingerprint density at radius 2 is 2.04 bits per heavy atom. The van der Waals surface area contributed by atoms with E-state index in [2.05, 4.69) is 34.2 Å². The van der Waals surface area contributed by atoms with Crippen molar-refractivity contribution in [1.29, 1.82) is 0 Å². The summed E-state index contributed by atoms with van der Waals surface area (Å²) in [5, 5.41) is 0. The van der Waals surface area contributed by atoms with E-state index in [4.69, 9.17) is 4.74 Å².